The van der Waals surface area contributed by atoms with Crippen molar-refractivity contribution in [1.82, 2.24) is 0 Å². The van der Waals surface area contributed by atoms with Crippen molar-refractivity contribution in [3.05, 3.63) is 63.1 Å². The predicted octanol–water partition coefficient (Wildman–Crippen LogP) is 3.95. The van der Waals surface area contributed by atoms with Gasteiger partial charge in [0, 0.05) is 16.1 Å². The van der Waals surface area contributed by atoms with Crippen molar-refractivity contribution in [3.8, 4) is 5.75 Å². The third-order valence-corrected chi connectivity index (χ3v) is 4.44. The van der Waals surface area contributed by atoms with Gasteiger partial charge < -0.3 is 19.3 Å². The number of halogens is 2. The highest BCUT2D eigenvalue weighted by molar-refractivity contribution is 6.35. The van der Waals surface area contributed by atoms with E-state index in [9.17, 15) is 9.90 Å². The summed E-state index contributed by atoms with van der Waals surface area (Å²) >= 11 is 12.2. The first-order valence-corrected chi connectivity index (χ1v) is 7.89. The first-order chi connectivity index (χ1) is 11.5. The number of aromatic carboxylic acids is 1. The number of carboxylic acid groups (broad SMARTS) is 1. The van der Waals surface area contributed by atoms with Gasteiger partial charge in [-0.1, -0.05) is 35.3 Å². The molecule has 0 aliphatic carbocycles. The molecular weight excluding hydrogens is 355 g/mol. The molecule has 126 valence electrons. The minimum atomic E-state index is -1.35. The Morgan fingerprint density at radius 2 is 1.75 bits per heavy atom. The third-order valence-electron chi connectivity index (χ3n) is 3.81. The van der Waals surface area contributed by atoms with E-state index >= 15 is 0 Å². The van der Waals surface area contributed by atoms with Crippen LogP contribution in [0.2, 0.25) is 10.0 Å². The topological polar surface area (TPSA) is 65.0 Å². The van der Waals surface area contributed by atoms with Crippen LogP contribution in [0.25, 0.3) is 0 Å². The van der Waals surface area contributed by atoms with E-state index in [1.54, 1.807) is 36.4 Å². The Hall–Kier alpha value is -1.79. The summed E-state index contributed by atoms with van der Waals surface area (Å²) in [6, 6.07) is 10.0. The average molecular weight is 369 g/mol. The van der Waals surface area contributed by atoms with E-state index in [4.69, 9.17) is 37.4 Å². The van der Waals surface area contributed by atoms with Crippen LogP contribution in [0, 0.1) is 0 Å². The summed E-state index contributed by atoms with van der Waals surface area (Å²) < 4.78 is 16.8. The van der Waals surface area contributed by atoms with Crippen molar-refractivity contribution in [2.24, 2.45) is 0 Å². The fourth-order valence-electron chi connectivity index (χ4n) is 2.76. The molecule has 1 N–H and O–H groups in total. The summed E-state index contributed by atoms with van der Waals surface area (Å²) in [6.07, 6.45) is 0. The Labute approximate surface area is 148 Å². The van der Waals surface area contributed by atoms with Crippen LogP contribution in [0.5, 0.6) is 5.75 Å². The summed E-state index contributed by atoms with van der Waals surface area (Å²) in [5.41, 5.74) is 0.821. The van der Waals surface area contributed by atoms with Crippen LogP contribution in [0.15, 0.2) is 36.4 Å². The fraction of sp³-hybridized carbons (Fsp3) is 0.235. The highest BCUT2D eigenvalue weighted by Gasteiger charge is 2.44. The molecule has 1 heterocycles. The second-order valence-electron chi connectivity index (χ2n) is 5.13. The second-order valence-corrected chi connectivity index (χ2v) is 5.94. The first kappa shape index (κ1) is 17.0. The third kappa shape index (κ3) is 2.74. The minimum absolute atomic E-state index is 0.00469. The lowest BCUT2D eigenvalue weighted by atomic mass is 9.92. The Morgan fingerprint density at radius 1 is 1.12 bits per heavy atom. The Bertz CT molecular complexity index is 767. The Morgan fingerprint density at radius 3 is 2.29 bits per heavy atom. The number of benzene rings is 2. The van der Waals surface area contributed by atoms with Crippen LogP contribution in [-0.2, 0) is 15.3 Å². The zero-order valence-electron chi connectivity index (χ0n) is 12.7. The van der Waals surface area contributed by atoms with E-state index in [1.807, 2.05) is 0 Å². The number of carboxylic acids is 1. The van der Waals surface area contributed by atoms with Crippen molar-refractivity contribution in [1.29, 1.82) is 0 Å². The molecule has 0 saturated carbocycles. The van der Waals surface area contributed by atoms with E-state index in [1.165, 1.54) is 7.11 Å². The van der Waals surface area contributed by atoms with Crippen LogP contribution in [0.4, 0.5) is 0 Å². The van der Waals surface area contributed by atoms with E-state index in [0.717, 1.165) is 0 Å². The smallest absolute Gasteiger partial charge is 0.337 e. The molecule has 0 amide bonds. The minimum Gasteiger partial charge on any atom is -0.495 e. The molecule has 3 rings (SSSR count). The number of hydrogen-bond donors (Lipinski definition) is 1. The highest BCUT2D eigenvalue weighted by Crippen LogP contribution is 2.44. The molecule has 7 heteroatoms. The quantitative estimate of drug-likeness (QED) is 0.884. The van der Waals surface area contributed by atoms with Gasteiger partial charge in [-0.3, -0.25) is 0 Å². The van der Waals surface area contributed by atoms with E-state index in [0.29, 0.717) is 29.4 Å². The standard InChI is InChI=1S/C17H14Cl2O5/c1-22-13-7-6-12(14(15(13)19)16(20)21)17(23-8-9-24-17)10-2-4-11(18)5-3-10/h2-7H,8-9H2,1H3,(H,20,21). The van der Waals surface area contributed by atoms with Crippen molar-refractivity contribution in [3.63, 3.8) is 0 Å². The van der Waals surface area contributed by atoms with Gasteiger partial charge in [-0.25, -0.2) is 4.79 Å². The maximum absolute atomic E-state index is 11.8. The lowest BCUT2D eigenvalue weighted by Gasteiger charge is -2.30. The van der Waals surface area contributed by atoms with E-state index < -0.39 is 11.8 Å². The van der Waals surface area contributed by atoms with Gasteiger partial charge in [0.2, 0.25) is 5.79 Å². The normalized spacial score (nSPS) is 16.1. The van der Waals surface area contributed by atoms with E-state index in [-0.39, 0.29) is 16.3 Å². The maximum Gasteiger partial charge on any atom is 0.337 e. The summed E-state index contributed by atoms with van der Waals surface area (Å²) in [7, 11) is 1.42. The fourth-order valence-corrected chi connectivity index (χ4v) is 3.21. The monoisotopic (exact) mass is 368 g/mol. The molecule has 0 unspecified atom stereocenters. The summed E-state index contributed by atoms with van der Waals surface area (Å²) in [6.45, 7) is 0.649. The van der Waals surface area contributed by atoms with Crippen LogP contribution >= 0.6 is 23.2 Å². The molecule has 0 atom stereocenters. The largest absolute Gasteiger partial charge is 0.495 e. The Balaban J connectivity index is 2.25. The summed E-state index contributed by atoms with van der Waals surface area (Å²) in [5, 5.41) is 10.2. The highest BCUT2D eigenvalue weighted by atomic mass is 35.5. The molecule has 24 heavy (non-hydrogen) atoms. The molecule has 1 saturated heterocycles. The lowest BCUT2D eigenvalue weighted by molar-refractivity contribution is -0.130. The molecule has 1 aliphatic heterocycles. The zero-order chi connectivity index (χ0) is 17.3. The van der Waals surface area contributed by atoms with Crippen LogP contribution < -0.4 is 4.74 Å². The first-order valence-electron chi connectivity index (χ1n) is 7.14. The van der Waals surface area contributed by atoms with Gasteiger partial charge in [-0.15, -0.1) is 0 Å². The summed E-state index contributed by atoms with van der Waals surface area (Å²) in [4.78, 5) is 11.8. The van der Waals surface area contributed by atoms with Gasteiger partial charge in [-0.05, 0) is 24.3 Å². The van der Waals surface area contributed by atoms with Gasteiger partial charge >= 0.3 is 5.97 Å². The molecule has 1 fully saturated rings. The van der Waals surface area contributed by atoms with Crippen LogP contribution in [0.3, 0.4) is 0 Å². The van der Waals surface area contributed by atoms with Crippen molar-refractivity contribution in [2.45, 2.75) is 5.79 Å². The molecule has 0 spiro atoms. The zero-order valence-corrected chi connectivity index (χ0v) is 14.2. The van der Waals surface area contributed by atoms with Crippen molar-refractivity contribution >= 4 is 29.2 Å². The van der Waals surface area contributed by atoms with Crippen LogP contribution in [-0.4, -0.2) is 31.4 Å². The molecular formula is C17H14Cl2O5. The molecule has 1 aliphatic rings. The van der Waals surface area contributed by atoms with E-state index in [2.05, 4.69) is 0 Å². The van der Waals surface area contributed by atoms with Gasteiger partial charge in [-0.2, -0.15) is 0 Å². The summed E-state index contributed by atoms with van der Waals surface area (Å²) in [5.74, 6) is -2.28. The van der Waals surface area contributed by atoms with Gasteiger partial charge in [0.25, 0.3) is 0 Å². The molecule has 2 aromatic carbocycles. The van der Waals surface area contributed by atoms with Gasteiger partial charge in [0.1, 0.15) is 5.75 Å². The maximum atomic E-state index is 11.8. The second kappa shape index (κ2) is 6.61. The van der Waals surface area contributed by atoms with Gasteiger partial charge in [0.05, 0.1) is 30.9 Å². The Kier molecular flexibility index (Phi) is 4.69. The number of ether oxygens (including phenoxy) is 3. The molecule has 0 aromatic heterocycles. The van der Waals surface area contributed by atoms with Gasteiger partial charge in [0.15, 0.2) is 0 Å². The lowest BCUT2D eigenvalue weighted by Crippen LogP contribution is -2.31. The van der Waals surface area contributed by atoms with Crippen molar-refractivity contribution < 1.29 is 24.1 Å². The molecule has 2 aromatic rings. The number of carbonyl (C=O) groups is 1. The number of methoxy groups -OCH3 is 1. The average Bonchev–Trinajstić information content (AvgIpc) is 3.05. The SMILES string of the molecule is COc1ccc(C2(c3ccc(Cl)cc3)OCCO2)c(C(=O)O)c1Cl. The van der Waals surface area contributed by atoms with Crippen molar-refractivity contribution in [2.75, 3.05) is 20.3 Å². The number of hydrogen-bond acceptors (Lipinski definition) is 4. The molecule has 5 nitrogen and oxygen atoms in total. The molecule has 0 bridgehead atoms. The number of rotatable bonds is 4. The predicted molar refractivity (Wildman–Crippen MR) is 89.1 cm³/mol. The molecule has 0 radical (unpaired) electrons. The van der Waals surface area contributed by atoms with Crippen LogP contribution in [0.1, 0.15) is 21.5 Å².